The molecule has 0 radical (unpaired) electrons. The molecule has 0 saturated carbocycles. The van der Waals surface area contributed by atoms with E-state index in [1.807, 2.05) is 29.2 Å². The van der Waals surface area contributed by atoms with Gasteiger partial charge in [-0.2, -0.15) is 0 Å². The van der Waals surface area contributed by atoms with Crippen molar-refractivity contribution in [2.75, 3.05) is 40.0 Å². The molecule has 1 aromatic rings. The number of morpholine rings is 1. The zero-order valence-electron chi connectivity index (χ0n) is 11.4. The standard InChI is InChI=1S/C14H19NO5/c1-18-11-2-4-12(5-3-11)19-8-6-15-7-9-20-13(10-15)14(16)17/h2-5,13H,6-10H2,1H3,(H,16,17). The van der Waals surface area contributed by atoms with E-state index < -0.39 is 12.1 Å². The number of hydrogen-bond donors (Lipinski definition) is 1. The summed E-state index contributed by atoms with van der Waals surface area (Å²) in [5.74, 6) is 0.648. The van der Waals surface area contributed by atoms with E-state index in [4.69, 9.17) is 19.3 Å². The third-order valence-corrected chi connectivity index (χ3v) is 3.16. The van der Waals surface area contributed by atoms with Gasteiger partial charge in [0.2, 0.25) is 0 Å². The monoisotopic (exact) mass is 281 g/mol. The summed E-state index contributed by atoms with van der Waals surface area (Å²) in [6.07, 6.45) is -0.732. The van der Waals surface area contributed by atoms with Crippen LogP contribution >= 0.6 is 0 Å². The summed E-state index contributed by atoms with van der Waals surface area (Å²) in [6.45, 7) is 2.77. The lowest BCUT2D eigenvalue weighted by Gasteiger charge is -2.30. The van der Waals surface area contributed by atoms with Crippen molar-refractivity contribution in [1.29, 1.82) is 0 Å². The molecule has 0 aliphatic carbocycles. The zero-order chi connectivity index (χ0) is 14.4. The maximum Gasteiger partial charge on any atom is 0.334 e. The van der Waals surface area contributed by atoms with Gasteiger partial charge >= 0.3 is 5.97 Å². The van der Waals surface area contributed by atoms with E-state index in [1.165, 1.54) is 0 Å². The Hall–Kier alpha value is -1.79. The Morgan fingerprint density at radius 3 is 2.75 bits per heavy atom. The summed E-state index contributed by atoms with van der Waals surface area (Å²) in [4.78, 5) is 12.9. The Balaban J connectivity index is 1.73. The van der Waals surface area contributed by atoms with Gasteiger partial charge in [-0.15, -0.1) is 0 Å². The fraction of sp³-hybridized carbons (Fsp3) is 0.500. The van der Waals surface area contributed by atoms with E-state index in [0.29, 0.717) is 26.3 Å². The fourth-order valence-electron chi connectivity index (χ4n) is 2.02. The van der Waals surface area contributed by atoms with Crippen LogP contribution in [0.3, 0.4) is 0 Å². The van der Waals surface area contributed by atoms with Gasteiger partial charge in [-0.25, -0.2) is 4.79 Å². The van der Waals surface area contributed by atoms with E-state index in [-0.39, 0.29) is 0 Å². The van der Waals surface area contributed by atoms with Crippen molar-refractivity contribution < 1.29 is 24.1 Å². The molecule has 0 amide bonds. The smallest absolute Gasteiger partial charge is 0.334 e. The van der Waals surface area contributed by atoms with Crippen molar-refractivity contribution in [3.8, 4) is 11.5 Å². The summed E-state index contributed by atoms with van der Waals surface area (Å²) in [7, 11) is 1.62. The quantitative estimate of drug-likeness (QED) is 0.834. The minimum absolute atomic E-state index is 0.404. The van der Waals surface area contributed by atoms with E-state index in [9.17, 15) is 4.79 Å². The van der Waals surface area contributed by atoms with Crippen LogP contribution in [0.5, 0.6) is 11.5 Å². The molecule has 1 aliphatic rings. The van der Waals surface area contributed by atoms with Crippen LogP contribution in [-0.4, -0.2) is 62.0 Å². The molecule has 1 N–H and O–H groups in total. The van der Waals surface area contributed by atoms with Crippen LogP contribution in [0, 0.1) is 0 Å². The Bertz CT molecular complexity index is 434. The van der Waals surface area contributed by atoms with Crippen LogP contribution < -0.4 is 9.47 Å². The molecule has 1 heterocycles. The number of ether oxygens (including phenoxy) is 3. The van der Waals surface area contributed by atoms with Crippen LogP contribution in [0.15, 0.2) is 24.3 Å². The lowest BCUT2D eigenvalue weighted by atomic mass is 10.3. The first-order valence-corrected chi connectivity index (χ1v) is 6.52. The predicted molar refractivity (Wildman–Crippen MR) is 72.3 cm³/mol. The number of rotatable bonds is 6. The first kappa shape index (κ1) is 14.6. The van der Waals surface area contributed by atoms with Gasteiger partial charge in [-0.05, 0) is 24.3 Å². The molecule has 0 bridgehead atoms. The highest BCUT2D eigenvalue weighted by atomic mass is 16.5. The maximum atomic E-state index is 10.9. The van der Waals surface area contributed by atoms with Crippen molar-refractivity contribution >= 4 is 5.97 Å². The van der Waals surface area contributed by atoms with Gasteiger partial charge in [0.15, 0.2) is 6.10 Å². The Kier molecular flexibility index (Phi) is 5.20. The second-order valence-electron chi connectivity index (χ2n) is 4.52. The van der Waals surface area contributed by atoms with Crippen LogP contribution in [0.25, 0.3) is 0 Å². The first-order chi connectivity index (χ1) is 9.69. The van der Waals surface area contributed by atoms with Gasteiger partial charge in [-0.1, -0.05) is 0 Å². The minimum Gasteiger partial charge on any atom is -0.497 e. The number of benzene rings is 1. The maximum absolute atomic E-state index is 10.9. The van der Waals surface area contributed by atoms with Gasteiger partial charge < -0.3 is 19.3 Å². The summed E-state index contributed by atoms with van der Waals surface area (Å²) >= 11 is 0. The van der Waals surface area contributed by atoms with Gasteiger partial charge in [0.25, 0.3) is 0 Å². The molecule has 1 unspecified atom stereocenters. The molecule has 1 saturated heterocycles. The molecule has 6 heteroatoms. The van der Waals surface area contributed by atoms with Crippen LogP contribution in [-0.2, 0) is 9.53 Å². The molecule has 6 nitrogen and oxygen atoms in total. The summed E-state index contributed by atoms with van der Waals surface area (Å²) < 4.78 is 15.9. The Labute approximate surface area is 117 Å². The lowest BCUT2D eigenvalue weighted by molar-refractivity contribution is -0.156. The Morgan fingerprint density at radius 2 is 2.10 bits per heavy atom. The van der Waals surface area contributed by atoms with E-state index in [1.54, 1.807) is 7.11 Å². The zero-order valence-corrected chi connectivity index (χ0v) is 11.4. The molecule has 0 spiro atoms. The van der Waals surface area contributed by atoms with Crippen LogP contribution in [0.2, 0.25) is 0 Å². The van der Waals surface area contributed by atoms with Gasteiger partial charge in [0, 0.05) is 19.6 Å². The van der Waals surface area contributed by atoms with Crippen molar-refractivity contribution in [1.82, 2.24) is 4.90 Å². The average Bonchev–Trinajstić information content (AvgIpc) is 2.48. The number of carboxylic acid groups (broad SMARTS) is 1. The van der Waals surface area contributed by atoms with Crippen molar-refractivity contribution in [2.45, 2.75) is 6.10 Å². The second kappa shape index (κ2) is 7.12. The molecule has 1 atom stereocenters. The Morgan fingerprint density at radius 1 is 1.40 bits per heavy atom. The van der Waals surface area contributed by atoms with E-state index in [2.05, 4.69) is 0 Å². The normalized spacial score (nSPS) is 19.6. The van der Waals surface area contributed by atoms with Crippen molar-refractivity contribution in [3.63, 3.8) is 0 Å². The third kappa shape index (κ3) is 4.11. The average molecular weight is 281 g/mol. The highest BCUT2D eigenvalue weighted by Crippen LogP contribution is 2.17. The van der Waals surface area contributed by atoms with Gasteiger partial charge in [0.05, 0.1) is 13.7 Å². The van der Waals surface area contributed by atoms with Crippen LogP contribution in [0.4, 0.5) is 0 Å². The topological polar surface area (TPSA) is 68.2 Å². The summed E-state index contributed by atoms with van der Waals surface area (Å²) in [5.41, 5.74) is 0. The molecule has 0 aromatic heterocycles. The third-order valence-electron chi connectivity index (χ3n) is 3.16. The fourth-order valence-corrected chi connectivity index (χ4v) is 2.02. The first-order valence-electron chi connectivity index (χ1n) is 6.52. The highest BCUT2D eigenvalue weighted by Gasteiger charge is 2.25. The second-order valence-corrected chi connectivity index (χ2v) is 4.52. The van der Waals surface area contributed by atoms with E-state index >= 15 is 0 Å². The molecular weight excluding hydrogens is 262 g/mol. The number of carboxylic acids is 1. The molecule has 20 heavy (non-hydrogen) atoms. The molecular formula is C14H19NO5. The molecule has 2 rings (SSSR count). The molecule has 1 fully saturated rings. The minimum atomic E-state index is -0.911. The largest absolute Gasteiger partial charge is 0.497 e. The number of aliphatic carboxylic acids is 1. The van der Waals surface area contributed by atoms with Gasteiger partial charge in [0.1, 0.15) is 18.1 Å². The van der Waals surface area contributed by atoms with Crippen LogP contribution in [0.1, 0.15) is 0 Å². The highest BCUT2D eigenvalue weighted by molar-refractivity contribution is 5.72. The summed E-state index contributed by atoms with van der Waals surface area (Å²) in [5, 5.41) is 8.91. The van der Waals surface area contributed by atoms with E-state index in [0.717, 1.165) is 18.0 Å². The summed E-state index contributed by atoms with van der Waals surface area (Å²) in [6, 6.07) is 7.37. The molecule has 1 aliphatic heterocycles. The molecule has 110 valence electrons. The van der Waals surface area contributed by atoms with Crippen molar-refractivity contribution in [3.05, 3.63) is 24.3 Å². The van der Waals surface area contributed by atoms with Crippen molar-refractivity contribution in [2.24, 2.45) is 0 Å². The number of carbonyl (C=O) groups is 1. The SMILES string of the molecule is COc1ccc(OCCN2CCOC(C(=O)O)C2)cc1. The van der Waals surface area contributed by atoms with Gasteiger partial charge in [-0.3, -0.25) is 4.90 Å². The number of hydrogen-bond acceptors (Lipinski definition) is 5. The lowest BCUT2D eigenvalue weighted by Crippen LogP contribution is -2.47. The number of nitrogens with zero attached hydrogens (tertiary/aromatic N) is 1. The molecule has 1 aromatic carbocycles. The predicted octanol–water partition coefficient (Wildman–Crippen LogP) is 0.859. The number of methoxy groups -OCH3 is 1.